The Balaban J connectivity index is 1.72. The fraction of sp³-hybridized carbons (Fsp3) is 0.294. The quantitative estimate of drug-likeness (QED) is 0.532. The predicted molar refractivity (Wildman–Crippen MR) is 101 cm³/mol. The maximum atomic E-state index is 13.8. The standard InChI is InChI=1S/C17H19FN6O2S/c1-2-9(18)13(19)17(6-3-7-17)8-21-11-5-4-10(23-24-11)16-22-15(26)12(27-16)14(20)25/h2,4-5,26H,1,3,6-8,19H2,(H2,20,25)(H,21,24)/b13-9+. The van der Waals surface area contributed by atoms with E-state index in [4.69, 9.17) is 11.5 Å². The molecule has 1 aliphatic carbocycles. The zero-order chi connectivity index (χ0) is 19.6. The van der Waals surface area contributed by atoms with Crippen molar-refractivity contribution in [3.8, 4) is 16.6 Å². The summed E-state index contributed by atoms with van der Waals surface area (Å²) in [6, 6.07) is 3.33. The Hall–Kier alpha value is -3.01. The molecule has 10 heteroatoms. The number of primary amides is 1. The highest BCUT2D eigenvalue weighted by atomic mass is 32.1. The number of anilines is 1. The van der Waals surface area contributed by atoms with E-state index in [9.17, 15) is 14.3 Å². The highest BCUT2D eigenvalue weighted by Crippen LogP contribution is 2.46. The second-order valence-electron chi connectivity index (χ2n) is 6.29. The van der Waals surface area contributed by atoms with Crippen molar-refractivity contribution in [3.05, 3.63) is 41.2 Å². The van der Waals surface area contributed by atoms with Crippen LogP contribution in [0.15, 0.2) is 36.3 Å². The Bertz CT molecular complexity index is 905. The van der Waals surface area contributed by atoms with E-state index < -0.39 is 23.0 Å². The largest absolute Gasteiger partial charge is 0.492 e. The zero-order valence-corrected chi connectivity index (χ0v) is 15.2. The first-order chi connectivity index (χ1) is 12.9. The van der Waals surface area contributed by atoms with Crippen LogP contribution in [0.3, 0.4) is 0 Å². The third kappa shape index (κ3) is 3.61. The third-order valence-corrected chi connectivity index (χ3v) is 5.72. The van der Waals surface area contributed by atoms with Crippen LogP contribution < -0.4 is 16.8 Å². The zero-order valence-electron chi connectivity index (χ0n) is 14.4. The minimum atomic E-state index is -0.759. The number of rotatable bonds is 7. The number of carbonyl (C=O) groups excluding carboxylic acids is 1. The first-order valence-corrected chi connectivity index (χ1v) is 9.04. The molecule has 0 saturated heterocycles. The Morgan fingerprint density at radius 3 is 2.63 bits per heavy atom. The van der Waals surface area contributed by atoms with E-state index in [0.29, 0.717) is 23.1 Å². The Labute approximate surface area is 158 Å². The Morgan fingerprint density at radius 1 is 1.41 bits per heavy atom. The van der Waals surface area contributed by atoms with E-state index >= 15 is 0 Å². The van der Waals surface area contributed by atoms with Crippen LogP contribution in [0, 0.1) is 5.41 Å². The van der Waals surface area contributed by atoms with Crippen LogP contribution >= 0.6 is 11.3 Å². The summed E-state index contributed by atoms with van der Waals surface area (Å²) in [6.45, 7) is 3.85. The van der Waals surface area contributed by atoms with Gasteiger partial charge in [0.25, 0.3) is 5.91 Å². The molecule has 0 bridgehead atoms. The molecule has 1 aliphatic rings. The highest BCUT2D eigenvalue weighted by molar-refractivity contribution is 7.17. The highest BCUT2D eigenvalue weighted by Gasteiger charge is 2.41. The molecular weight excluding hydrogens is 371 g/mol. The number of aromatic hydroxyl groups is 1. The number of hydrogen-bond donors (Lipinski definition) is 4. The summed E-state index contributed by atoms with van der Waals surface area (Å²) in [5, 5.41) is 21.2. The Morgan fingerprint density at radius 2 is 2.15 bits per heavy atom. The molecule has 1 saturated carbocycles. The van der Waals surface area contributed by atoms with Gasteiger partial charge in [0, 0.05) is 12.0 Å². The summed E-state index contributed by atoms with van der Waals surface area (Å²) >= 11 is 0.934. The smallest absolute Gasteiger partial charge is 0.264 e. The fourth-order valence-electron chi connectivity index (χ4n) is 2.89. The van der Waals surface area contributed by atoms with Crippen LogP contribution in [0.25, 0.3) is 10.7 Å². The molecule has 0 unspecified atom stereocenters. The number of nitrogens with one attached hydrogen (secondary N) is 1. The van der Waals surface area contributed by atoms with Gasteiger partial charge in [-0.05, 0) is 31.1 Å². The van der Waals surface area contributed by atoms with Crippen molar-refractivity contribution in [1.29, 1.82) is 0 Å². The molecule has 0 radical (unpaired) electrons. The predicted octanol–water partition coefficient (Wildman–Crippen LogP) is 2.31. The second-order valence-corrected chi connectivity index (χ2v) is 7.29. The number of allylic oxidation sites excluding steroid dienone is 2. The van der Waals surface area contributed by atoms with Crippen molar-refractivity contribution in [2.24, 2.45) is 16.9 Å². The summed E-state index contributed by atoms with van der Waals surface area (Å²) in [5.41, 5.74) is 11.3. The molecule has 0 atom stereocenters. The molecule has 1 fully saturated rings. The van der Waals surface area contributed by atoms with Crippen molar-refractivity contribution >= 4 is 23.1 Å². The van der Waals surface area contributed by atoms with Gasteiger partial charge < -0.3 is 21.9 Å². The number of amides is 1. The van der Waals surface area contributed by atoms with Gasteiger partial charge in [0.2, 0.25) is 5.88 Å². The van der Waals surface area contributed by atoms with Gasteiger partial charge in [0.15, 0.2) is 4.88 Å². The topological polar surface area (TPSA) is 140 Å². The van der Waals surface area contributed by atoms with Crippen molar-refractivity contribution in [2.45, 2.75) is 19.3 Å². The molecule has 0 aromatic carbocycles. The molecule has 1 amide bonds. The number of aromatic nitrogens is 3. The number of halogens is 1. The minimum absolute atomic E-state index is 0.0348. The molecular formula is C17H19FN6O2S. The number of thiazole rings is 1. The van der Waals surface area contributed by atoms with Gasteiger partial charge in [-0.2, -0.15) is 4.98 Å². The average molecular weight is 390 g/mol. The molecule has 2 heterocycles. The van der Waals surface area contributed by atoms with Crippen molar-refractivity contribution in [3.63, 3.8) is 0 Å². The molecule has 0 spiro atoms. The van der Waals surface area contributed by atoms with E-state index in [1.54, 1.807) is 12.1 Å². The molecule has 142 valence electrons. The van der Waals surface area contributed by atoms with Gasteiger partial charge in [-0.15, -0.1) is 21.5 Å². The van der Waals surface area contributed by atoms with E-state index in [1.807, 2.05) is 0 Å². The van der Waals surface area contributed by atoms with E-state index in [-0.39, 0.29) is 10.6 Å². The van der Waals surface area contributed by atoms with Gasteiger partial charge in [-0.3, -0.25) is 4.79 Å². The summed E-state index contributed by atoms with van der Waals surface area (Å²) in [4.78, 5) is 15.0. The van der Waals surface area contributed by atoms with Crippen LogP contribution in [-0.4, -0.2) is 32.7 Å². The molecule has 8 nitrogen and oxygen atoms in total. The van der Waals surface area contributed by atoms with E-state index in [0.717, 1.165) is 36.7 Å². The van der Waals surface area contributed by atoms with Gasteiger partial charge in [0.1, 0.15) is 22.3 Å². The van der Waals surface area contributed by atoms with Crippen LogP contribution in [0.1, 0.15) is 28.9 Å². The number of nitrogens with two attached hydrogens (primary N) is 2. The summed E-state index contributed by atoms with van der Waals surface area (Å²) < 4.78 is 13.8. The van der Waals surface area contributed by atoms with E-state index in [2.05, 4.69) is 27.1 Å². The summed E-state index contributed by atoms with van der Waals surface area (Å²) in [6.07, 6.45) is 3.67. The van der Waals surface area contributed by atoms with Gasteiger partial charge in [0.05, 0.1) is 5.70 Å². The summed E-state index contributed by atoms with van der Waals surface area (Å²) in [7, 11) is 0. The lowest BCUT2D eigenvalue weighted by molar-refractivity contribution is 0.100. The van der Waals surface area contributed by atoms with Crippen molar-refractivity contribution in [1.82, 2.24) is 15.2 Å². The molecule has 2 aromatic heterocycles. The normalized spacial score (nSPS) is 16.2. The lowest BCUT2D eigenvalue weighted by Crippen LogP contribution is -2.42. The molecule has 3 rings (SSSR count). The van der Waals surface area contributed by atoms with Gasteiger partial charge in [-0.25, -0.2) is 4.39 Å². The van der Waals surface area contributed by atoms with E-state index in [1.165, 1.54) is 0 Å². The number of carbonyl (C=O) groups is 1. The first kappa shape index (κ1) is 18.8. The SMILES string of the molecule is C=C/C(F)=C(\N)C1(CNc2ccc(-c3nc(O)c(C(N)=O)s3)nn2)CCC1. The molecule has 6 N–H and O–H groups in total. The molecule has 0 aliphatic heterocycles. The minimum Gasteiger partial charge on any atom is -0.492 e. The van der Waals surface area contributed by atoms with Gasteiger partial charge in [-0.1, -0.05) is 13.0 Å². The lowest BCUT2D eigenvalue weighted by atomic mass is 9.66. The monoisotopic (exact) mass is 390 g/mol. The lowest BCUT2D eigenvalue weighted by Gasteiger charge is -2.42. The van der Waals surface area contributed by atoms with Gasteiger partial charge >= 0.3 is 0 Å². The summed E-state index contributed by atoms with van der Waals surface area (Å²) in [5.74, 6) is -1.19. The van der Waals surface area contributed by atoms with Crippen LogP contribution in [-0.2, 0) is 0 Å². The number of nitrogens with zero attached hydrogens (tertiary/aromatic N) is 3. The fourth-order valence-corrected chi connectivity index (χ4v) is 3.67. The maximum Gasteiger partial charge on any atom is 0.264 e. The van der Waals surface area contributed by atoms with Crippen molar-refractivity contribution in [2.75, 3.05) is 11.9 Å². The number of hydrogen-bond acceptors (Lipinski definition) is 8. The Kier molecular flexibility index (Phi) is 5.08. The molecule has 27 heavy (non-hydrogen) atoms. The maximum absolute atomic E-state index is 13.8. The van der Waals surface area contributed by atoms with Crippen LogP contribution in [0.5, 0.6) is 5.88 Å². The third-order valence-electron chi connectivity index (χ3n) is 4.64. The second kappa shape index (κ2) is 7.31. The average Bonchev–Trinajstić information content (AvgIpc) is 3.02. The van der Waals surface area contributed by atoms with Crippen LogP contribution in [0.2, 0.25) is 0 Å². The molecule has 2 aromatic rings. The van der Waals surface area contributed by atoms with Crippen LogP contribution in [0.4, 0.5) is 10.2 Å². The first-order valence-electron chi connectivity index (χ1n) is 8.22. The van der Waals surface area contributed by atoms with Crippen molar-refractivity contribution < 1.29 is 14.3 Å².